The lowest BCUT2D eigenvalue weighted by Crippen LogP contribution is -2.36. The monoisotopic (exact) mass is 374 g/mol. The summed E-state index contributed by atoms with van der Waals surface area (Å²) in [6.07, 6.45) is 13.0. The molecular formula is C23H26N4O. The third-order valence-electron chi connectivity index (χ3n) is 5.63. The molecule has 0 fully saturated rings. The number of aromatic nitrogens is 2. The molecule has 0 saturated heterocycles. The van der Waals surface area contributed by atoms with Gasteiger partial charge in [-0.25, -0.2) is 9.97 Å². The highest BCUT2D eigenvalue weighted by molar-refractivity contribution is 5.76. The Labute approximate surface area is 166 Å². The third kappa shape index (κ3) is 4.17. The number of carbonyl (C=O) groups is 1. The summed E-state index contributed by atoms with van der Waals surface area (Å²) in [4.78, 5) is 23.6. The van der Waals surface area contributed by atoms with Crippen molar-refractivity contribution in [3.05, 3.63) is 52.8 Å². The van der Waals surface area contributed by atoms with Gasteiger partial charge in [0.15, 0.2) is 0 Å². The van der Waals surface area contributed by atoms with Gasteiger partial charge >= 0.3 is 0 Å². The highest BCUT2D eigenvalue weighted by Crippen LogP contribution is 2.24. The van der Waals surface area contributed by atoms with E-state index in [2.05, 4.69) is 40.5 Å². The second-order valence-electron chi connectivity index (χ2n) is 7.66. The number of anilines is 1. The molecule has 2 heterocycles. The van der Waals surface area contributed by atoms with Crippen LogP contribution in [0.2, 0.25) is 0 Å². The van der Waals surface area contributed by atoms with Gasteiger partial charge in [-0.3, -0.25) is 4.79 Å². The number of nitrogens with one attached hydrogen (secondary N) is 1. The van der Waals surface area contributed by atoms with Gasteiger partial charge in [-0.05, 0) is 36.8 Å². The van der Waals surface area contributed by atoms with Crippen LogP contribution >= 0.6 is 0 Å². The fourth-order valence-electron chi connectivity index (χ4n) is 4.10. The fraction of sp³-hybridized carbons (Fsp3) is 0.435. The van der Waals surface area contributed by atoms with E-state index in [-0.39, 0.29) is 5.91 Å². The Kier molecular flexibility index (Phi) is 5.57. The van der Waals surface area contributed by atoms with Gasteiger partial charge < -0.3 is 10.2 Å². The first-order valence-corrected chi connectivity index (χ1v) is 10.1. The maximum Gasteiger partial charge on any atom is 0.223 e. The molecule has 2 aromatic rings. The maximum atomic E-state index is 12.4. The summed E-state index contributed by atoms with van der Waals surface area (Å²) >= 11 is 0. The minimum absolute atomic E-state index is 0.202. The molecule has 1 amide bonds. The number of nitrogens with zero attached hydrogens (tertiary/aromatic N) is 3. The fourth-order valence-corrected chi connectivity index (χ4v) is 4.10. The normalized spacial score (nSPS) is 15.6. The molecule has 1 aromatic carbocycles. The van der Waals surface area contributed by atoms with Crippen LogP contribution < -0.4 is 5.32 Å². The van der Waals surface area contributed by atoms with E-state index in [0.717, 1.165) is 56.3 Å². The first-order chi connectivity index (χ1) is 13.7. The van der Waals surface area contributed by atoms with Crippen molar-refractivity contribution >= 4 is 11.9 Å². The van der Waals surface area contributed by atoms with Gasteiger partial charge in [0.05, 0.1) is 5.69 Å². The molecule has 1 aromatic heterocycles. The Hall–Kier alpha value is -2.87. The lowest BCUT2D eigenvalue weighted by Gasteiger charge is -2.28. The van der Waals surface area contributed by atoms with E-state index in [1.165, 1.54) is 11.1 Å². The quantitative estimate of drug-likeness (QED) is 0.623. The molecule has 144 valence electrons. The van der Waals surface area contributed by atoms with Crippen molar-refractivity contribution in [2.45, 2.75) is 57.5 Å². The molecule has 0 spiro atoms. The second kappa shape index (κ2) is 8.43. The number of hydrogen-bond acceptors (Lipinski definition) is 4. The smallest absolute Gasteiger partial charge is 0.223 e. The molecule has 0 saturated carbocycles. The zero-order valence-electron chi connectivity index (χ0n) is 16.2. The van der Waals surface area contributed by atoms with Crippen LogP contribution in [-0.4, -0.2) is 33.4 Å². The number of carbonyl (C=O) groups excluding carboxylic acids is 1. The van der Waals surface area contributed by atoms with E-state index in [9.17, 15) is 4.79 Å². The Morgan fingerprint density at radius 2 is 2.00 bits per heavy atom. The Bertz CT molecular complexity index is 877. The number of unbranched alkanes of at least 4 members (excludes halogenated alkanes) is 2. The number of terminal acetylenes is 1. The first kappa shape index (κ1) is 18.5. The van der Waals surface area contributed by atoms with Crippen LogP contribution in [0.1, 0.15) is 48.1 Å². The van der Waals surface area contributed by atoms with Crippen LogP contribution in [0.3, 0.4) is 0 Å². The van der Waals surface area contributed by atoms with Gasteiger partial charge in [0, 0.05) is 50.2 Å². The average Bonchev–Trinajstić information content (AvgIpc) is 3.13. The number of amides is 1. The Morgan fingerprint density at radius 1 is 1.21 bits per heavy atom. The minimum Gasteiger partial charge on any atom is -0.351 e. The van der Waals surface area contributed by atoms with Gasteiger partial charge in [-0.1, -0.05) is 24.3 Å². The molecule has 1 N–H and O–H groups in total. The molecule has 1 aliphatic heterocycles. The highest BCUT2D eigenvalue weighted by atomic mass is 16.2. The van der Waals surface area contributed by atoms with Crippen LogP contribution in [0.4, 0.5) is 5.95 Å². The first-order valence-electron chi connectivity index (χ1n) is 10.1. The number of benzene rings is 1. The third-order valence-corrected chi connectivity index (χ3v) is 5.63. The summed E-state index contributed by atoms with van der Waals surface area (Å²) in [5.74, 6) is 3.52. The van der Waals surface area contributed by atoms with E-state index < -0.39 is 0 Å². The highest BCUT2D eigenvalue weighted by Gasteiger charge is 2.24. The topological polar surface area (TPSA) is 58.1 Å². The van der Waals surface area contributed by atoms with Gasteiger partial charge in [0.25, 0.3) is 0 Å². The van der Waals surface area contributed by atoms with E-state index in [0.29, 0.717) is 25.0 Å². The second-order valence-corrected chi connectivity index (χ2v) is 7.66. The van der Waals surface area contributed by atoms with E-state index in [1.807, 2.05) is 11.1 Å². The maximum absolute atomic E-state index is 12.4. The van der Waals surface area contributed by atoms with Crippen molar-refractivity contribution in [2.24, 2.45) is 0 Å². The Morgan fingerprint density at radius 3 is 2.75 bits per heavy atom. The van der Waals surface area contributed by atoms with Crippen LogP contribution in [-0.2, 0) is 30.6 Å². The standard InChI is InChI=1S/C23H26N4O/c1-2-3-4-5-10-22(28)27-12-11-21-19(16-27)15-24-23(26-21)25-20-13-17-8-6-7-9-18(17)14-20/h1,6-9,15,20H,3-5,10-14,16H2,(H,24,25,26). The van der Waals surface area contributed by atoms with Crippen molar-refractivity contribution in [1.82, 2.24) is 14.9 Å². The van der Waals surface area contributed by atoms with Crippen molar-refractivity contribution in [1.29, 1.82) is 0 Å². The molecule has 28 heavy (non-hydrogen) atoms. The molecular weight excluding hydrogens is 348 g/mol. The summed E-state index contributed by atoms with van der Waals surface area (Å²) in [5, 5.41) is 3.49. The van der Waals surface area contributed by atoms with Crippen LogP contribution in [0.15, 0.2) is 30.5 Å². The molecule has 1 aliphatic carbocycles. The lowest BCUT2D eigenvalue weighted by molar-refractivity contribution is -0.132. The van der Waals surface area contributed by atoms with Crippen LogP contribution in [0.25, 0.3) is 0 Å². The van der Waals surface area contributed by atoms with E-state index in [4.69, 9.17) is 11.4 Å². The summed E-state index contributed by atoms with van der Waals surface area (Å²) in [6.45, 7) is 1.34. The Balaban J connectivity index is 1.33. The molecule has 5 nitrogen and oxygen atoms in total. The predicted molar refractivity (Wildman–Crippen MR) is 110 cm³/mol. The summed E-state index contributed by atoms with van der Waals surface area (Å²) in [7, 11) is 0. The molecule has 4 rings (SSSR count). The van der Waals surface area contributed by atoms with Crippen LogP contribution in [0.5, 0.6) is 0 Å². The summed E-state index contributed by atoms with van der Waals surface area (Å²) in [5.41, 5.74) is 4.94. The summed E-state index contributed by atoms with van der Waals surface area (Å²) in [6, 6.07) is 8.93. The number of rotatable bonds is 6. The van der Waals surface area contributed by atoms with Gasteiger partial charge in [0.2, 0.25) is 11.9 Å². The number of hydrogen-bond donors (Lipinski definition) is 1. The van der Waals surface area contributed by atoms with E-state index >= 15 is 0 Å². The molecule has 0 radical (unpaired) electrons. The average molecular weight is 374 g/mol. The lowest BCUT2D eigenvalue weighted by atomic mass is 10.1. The van der Waals surface area contributed by atoms with Crippen LogP contribution in [0, 0.1) is 12.3 Å². The van der Waals surface area contributed by atoms with Crippen molar-refractivity contribution in [2.75, 3.05) is 11.9 Å². The zero-order valence-corrected chi connectivity index (χ0v) is 16.2. The molecule has 2 aliphatic rings. The largest absolute Gasteiger partial charge is 0.351 e. The molecule has 5 heteroatoms. The minimum atomic E-state index is 0.202. The van der Waals surface area contributed by atoms with Crippen molar-refractivity contribution < 1.29 is 4.79 Å². The number of fused-ring (bicyclic) bond motifs is 2. The van der Waals surface area contributed by atoms with Crippen molar-refractivity contribution in [3.8, 4) is 12.3 Å². The van der Waals surface area contributed by atoms with Gasteiger partial charge in [0.1, 0.15) is 0 Å². The van der Waals surface area contributed by atoms with Crippen molar-refractivity contribution in [3.63, 3.8) is 0 Å². The predicted octanol–water partition coefficient (Wildman–Crippen LogP) is 3.13. The van der Waals surface area contributed by atoms with Gasteiger partial charge in [-0.15, -0.1) is 12.3 Å². The molecule has 0 unspecified atom stereocenters. The van der Waals surface area contributed by atoms with E-state index in [1.54, 1.807) is 0 Å². The molecule has 0 bridgehead atoms. The summed E-state index contributed by atoms with van der Waals surface area (Å²) < 4.78 is 0. The van der Waals surface area contributed by atoms with Gasteiger partial charge in [-0.2, -0.15) is 0 Å². The molecule has 0 atom stereocenters. The zero-order chi connectivity index (χ0) is 19.3. The SMILES string of the molecule is C#CCCCCC(=O)N1CCc2nc(NC3Cc4ccccc4C3)ncc2C1.